The fourth-order valence-corrected chi connectivity index (χ4v) is 1.18. The molecule has 0 aromatic carbocycles. The molecule has 1 aliphatic carbocycles. The summed E-state index contributed by atoms with van der Waals surface area (Å²) in [4.78, 5) is 0. The second-order valence-electron chi connectivity index (χ2n) is 2.78. The molecule has 0 N–H and O–H groups in total. The molecule has 0 nitrogen and oxygen atoms in total. The summed E-state index contributed by atoms with van der Waals surface area (Å²) in [6.45, 7) is 4.55. The van der Waals surface area contributed by atoms with Crippen molar-refractivity contribution < 1.29 is 0 Å². The molecule has 0 aliphatic heterocycles. The second-order valence-corrected chi connectivity index (χ2v) is 2.78. The van der Waals surface area contributed by atoms with Crippen molar-refractivity contribution in [3.63, 3.8) is 0 Å². The van der Waals surface area contributed by atoms with Crippen LogP contribution >= 0.6 is 0 Å². The Kier molecular flexibility index (Phi) is 1.72. The second kappa shape index (κ2) is 2.34. The van der Waals surface area contributed by atoms with Crippen molar-refractivity contribution in [2.75, 3.05) is 0 Å². The zero-order valence-corrected chi connectivity index (χ0v) is 5.78. The van der Waals surface area contributed by atoms with Gasteiger partial charge in [0, 0.05) is 0 Å². The minimum Gasteiger partial charge on any atom is -0.0853 e. The van der Waals surface area contributed by atoms with Crippen LogP contribution in [0, 0.1) is 5.92 Å². The average Bonchev–Trinajstić information content (AvgIpc) is 1.77. The Bertz CT molecular complexity index is 101. The van der Waals surface area contributed by atoms with E-state index >= 15 is 0 Å². The van der Waals surface area contributed by atoms with Crippen LogP contribution in [0.5, 0.6) is 0 Å². The molecular formula is C8H14. The maximum atomic E-state index is 2.37. The van der Waals surface area contributed by atoms with E-state index in [1.165, 1.54) is 19.3 Å². The zero-order chi connectivity index (χ0) is 5.98. The molecular weight excluding hydrogens is 96.1 g/mol. The lowest BCUT2D eigenvalue weighted by Crippen LogP contribution is -2.00. The number of hydrogen-bond donors (Lipinski definition) is 0. The van der Waals surface area contributed by atoms with E-state index in [1.54, 1.807) is 5.57 Å². The fourth-order valence-electron chi connectivity index (χ4n) is 1.18. The summed E-state index contributed by atoms with van der Waals surface area (Å²) in [5.74, 6) is 0.865. The third-order valence-electron chi connectivity index (χ3n) is 2.08. The van der Waals surface area contributed by atoms with Crippen molar-refractivity contribution in [3.05, 3.63) is 11.6 Å². The van der Waals surface area contributed by atoms with Crippen LogP contribution in [0.4, 0.5) is 0 Å². The van der Waals surface area contributed by atoms with Crippen molar-refractivity contribution in [1.82, 2.24) is 0 Å². The Labute approximate surface area is 51.6 Å². The van der Waals surface area contributed by atoms with E-state index in [2.05, 4.69) is 19.9 Å². The maximum absolute atomic E-state index is 2.37. The Morgan fingerprint density at radius 1 is 1.62 bits per heavy atom. The molecule has 0 bridgehead atoms. The van der Waals surface area contributed by atoms with E-state index < -0.39 is 0 Å². The molecule has 1 atom stereocenters. The molecule has 1 rings (SSSR count). The first kappa shape index (κ1) is 5.87. The molecule has 46 valence electrons. The standard InChI is InChI=1S/C8H14/c1-7-5-3-4-6-8(7)2/h5,8H,3-4,6H2,1-2H3/t8-/m1/s1. The first-order chi connectivity index (χ1) is 3.80. The van der Waals surface area contributed by atoms with Gasteiger partial charge in [0.2, 0.25) is 0 Å². The smallest absolute Gasteiger partial charge is 0.0234 e. The number of allylic oxidation sites excluding steroid dienone is 2. The van der Waals surface area contributed by atoms with Crippen LogP contribution in [0.25, 0.3) is 0 Å². The SMILES string of the molecule is CC1=CCCC[C@H]1C. The van der Waals surface area contributed by atoms with Gasteiger partial charge >= 0.3 is 0 Å². The van der Waals surface area contributed by atoms with Crippen molar-refractivity contribution in [3.8, 4) is 0 Å². The highest BCUT2D eigenvalue weighted by atomic mass is 14.1. The molecule has 0 heteroatoms. The summed E-state index contributed by atoms with van der Waals surface area (Å²) >= 11 is 0. The van der Waals surface area contributed by atoms with E-state index in [-0.39, 0.29) is 0 Å². The average molecular weight is 110 g/mol. The molecule has 8 heavy (non-hydrogen) atoms. The lowest BCUT2D eigenvalue weighted by atomic mass is 9.91. The molecule has 0 fully saturated rings. The fraction of sp³-hybridized carbons (Fsp3) is 0.750. The predicted octanol–water partition coefficient (Wildman–Crippen LogP) is 2.75. The minimum atomic E-state index is 0.865. The Hall–Kier alpha value is -0.260. The zero-order valence-electron chi connectivity index (χ0n) is 5.78. The van der Waals surface area contributed by atoms with Crippen LogP contribution in [0.3, 0.4) is 0 Å². The van der Waals surface area contributed by atoms with Gasteiger partial charge in [-0.1, -0.05) is 18.6 Å². The number of rotatable bonds is 0. The minimum absolute atomic E-state index is 0.865. The van der Waals surface area contributed by atoms with Crippen LogP contribution in [0.15, 0.2) is 11.6 Å². The van der Waals surface area contributed by atoms with E-state index in [9.17, 15) is 0 Å². The van der Waals surface area contributed by atoms with Gasteiger partial charge in [-0.3, -0.25) is 0 Å². The Morgan fingerprint density at radius 3 is 2.75 bits per heavy atom. The summed E-state index contributed by atoms with van der Waals surface area (Å²) in [7, 11) is 0. The highest BCUT2D eigenvalue weighted by molar-refractivity contribution is 5.04. The molecule has 0 amide bonds. The Morgan fingerprint density at radius 2 is 2.38 bits per heavy atom. The van der Waals surface area contributed by atoms with Gasteiger partial charge in [-0.2, -0.15) is 0 Å². The van der Waals surface area contributed by atoms with Crippen LogP contribution in [-0.4, -0.2) is 0 Å². The van der Waals surface area contributed by atoms with Gasteiger partial charge in [0.1, 0.15) is 0 Å². The summed E-state index contributed by atoms with van der Waals surface area (Å²) < 4.78 is 0. The Balaban J connectivity index is 2.53. The normalized spacial score (nSPS) is 29.8. The summed E-state index contributed by atoms with van der Waals surface area (Å²) in [5.41, 5.74) is 1.59. The van der Waals surface area contributed by atoms with Gasteiger partial charge in [-0.05, 0) is 32.1 Å². The maximum Gasteiger partial charge on any atom is -0.0234 e. The largest absolute Gasteiger partial charge is 0.0853 e. The lowest BCUT2D eigenvalue weighted by molar-refractivity contribution is 0.552. The summed E-state index contributed by atoms with van der Waals surface area (Å²) in [6.07, 6.45) is 6.49. The van der Waals surface area contributed by atoms with Crippen LogP contribution < -0.4 is 0 Å². The van der Waals surface area contributed by atoms with Gasteiger partial charge < -0.3 is 0 Å². The van der Waals surface area contributed by atoms with Crippen molar-refractivity contribution >= 4 is 0 Å². The van der Waals surface area contributed by atoms with Crippen molar-refractivity contribution in [2.24, 2.45) is 5.92 Å². The quantitative estimate of drug-likeness (QED) is 0.420. The topological polar surface area (TPSA) is 0 Å². The van der Waals surface area contributed by atoms with E-state index in [4.69, 9.17) is 0 Å². The van der Waals surface area contributed by atoms with E-state index in [1.807, 2.05) is 0 Å². The van der Waals surface area contributed by atoms with E-state index in [0.29, 0.717) is 0 Å². The molecule has 0 unspecified atom stereocenters. The van der Waals surface area contributed by atoms with Gasteiger partial charge in [-0.15, -0.1) is 0 Å². The lowest BCUT2D eigenvalue weighted by Gasteiger charge is -2.15. The highest BCUT2D eigenvalue weighted by Gasteiger charge is 2.06. The number of hydrogen-bond acceptors (Lipinski definition) is 0. The predicted molar refractivity (Wildman–Crippen MR) is 36.8 cm³/mol. The van der Waals surface area contributed by atoms with Crippen molar-refractivity contribution in [2.45, 2.75) is 33.1 Å². The molecule has 0 saturated heterocycles. The van der Waals surface area contributed by atoms with Crippen LogP contribution in [0.2, 0.25) is 0 Å². The molecule has 0 heterocycles. The third-order valence-corrected chi connectivity index (χ3v) is 2.08. The monoisotopic (exact) mass is 110 g/mol. The first-order valence-corrected chi connectivity index (χ1v) is 3.47. The molecule has 1 aliphatic rings. The summed E-state index contributed by atoms with van der Waals surface area (Å²) in [5, 5.41) is 0. The highest BCUT2D eigenvalue weighted by Crippen LogP contribution is 2.22. The van der Waals surface area contributed by atoms with Gasteiger partial charge in [0.05, 0.1) is 0 Å². The molecule has 0 spiro atoms. The molecule has 0 saturated carbocycles. The third kappa shape index (κ3) is 1.12. The van der Waals surface area contributed by atoms with Gasteiger partial charge in [0.25, 0.3) is 0 Å². The first-order valence-electron chi connectivity index (χ1n) is 3.47. The van der Waals surface area contributed by atoms with Gasteiger partial charge in [0.15, 0.2) is 0 Å². The van der Waals surface area contributed by atoms with Gasteiger partial charge in [-0.25, -0.2) is 0 Å². The molecule has 0 radical (unpaired) electrons. The molecule has 0 aromatic rings. The summed E-state index contributed by atoms with van der Waals surface area (Å²) in [6, 6.07) is 0. The molecule has 0 aromatic heterocycles. The van der Waals surface area contributed by atoms with E-state index in [0.717, 1.165) is 5.92 Å². The van der Waals surface area contributed by atoms with Crippen LogP contribution in [-0.2, 0) is 0 Å². The van der Waals surface area contributed by atoms with Crippen LogP contribution in [0.1, 0.15) is 33.1 Å². The van der Waals surface area contributed by atoms with Crippen molar-refractivity contribution in [1.29, 1.82) is 0 Å².